The van der Waals surface area contributed by atoms with Gasteiger partial charge in [0.1, 0.15) is 5.76 Å². The molecular formula is C26H36N4O. The van der Waals surface area contributed by atoms with Gasteiger partial charge in [-0.25, -0.2) is 0 Å². The minimum absolute atomic E-state index is 0.462. The Labute approximate surface area is 186 Å². The summed E-state index contributed by atoms with van der Waals surface area (Å²) >= 11 is 0. The lowest BCUT2D eigenvalue weighted by atomic mass is 9.58. The molecule has 0 N–H and O–H groups in total. The van der Waals surface area contributed by atoms with Crippen LogP contribution in [0.1, 0.15) is 43.4 Å². The zero-order chi connectivity index (χ0) is 20.7. The van der Waals surface area contributed by atoms with Crippen molar-refractivity contribution in [2.75, 3.05) is 45.8 Å². The van der Waals surface area contributed by atoms with E-state index in [0.717, 1.165) is 24.8 Å². The van der Waals surface area contributed by atoms with Crippen molar-refractivity contribution >= 4 is 0 Å². The summed E-state index contributed by atoms with van der Waals surface area (Å²) in [7, 11) is 0. The standard InChI is InChI=1S/C26H36N4O/c1-4-23(14-27-10-1)16-28-11-3-8-25(9-12-28)18-30(17-24-5-2-13-31-24)21-26(25)19-29(20-26)15-22-6-7-22/h1-2,4-5,10,13-14,22H,3,6-9,11-12,15-21H2/t25-/m1/s1. The molecule has 2 spiro atoms. The molecule has 3 saturated heterocycles. The second-order valence-electron chi connectivity index (χ2n) is 10.9. The molecule has 4 fully saturated rings. The molecule has 3 aliphatic heterocycles. The fraction of sp³-hybridized carbons (Fsp3) is 0.654. The first-order chi connectivity index (χ1) is 15.2. The molecule has 5 heterocycles. The Bertz CT molecular complexity index is 859. The number of aromatic nitrogens is 1. The lowest BCUT2D eigenvalue weighted by Gasteiger charge is -2.57. The van der Waals surface area contributed by atoms with Gasteiger partial charge in [-0.05, 0) is 80.3 Å². The highest BCUT2D eigenvalue weighted by Gasteiger charge is 2.62. The quantitative estimate of drug-likeness (QED) is 0.709. The molecule has 0 radical (unpaired) electrons. The molecule has 5 nitrogen and oxygen atoms in total. The molecule has 2 aromatic rings. The minimum Gasteiger partial charge on any atom is -0.468 e. The van der Waals surface area contributed by atoms with E-state index in [4.69, 9.17) is 4.42 Å². The minimum atomic E-state index is 0.462. The summed E-state index contributed by atoms with van der Waals surface area (Å²) in [5.74, 6) is 2.12. The number of likely N-dealkylation sites (tertiary alicyclic amines) is 3. The van der Waals surface area contributed by atoms with E-state index in [2.05, 4.69) is 37.9 Å². The molecule has 0 unspecified atom stereocenters. The number of hydrogen-bond donors (Lipinski definition) is 0. The van der Waals surface area contributed by atoms with Gasteiger partial charge in [0.2, 0.25) is 0 Å². The van der Waals surface area contributed by atoms with Crippen LogP contribution >= 0.6 is 0 Å². The molecule has 5 heteroatoms. The van der Waals surface area contributed by atoms with E-state index >= 15 is 0 Å². The summed E-state index contributed by atoms with van der Waals surface area (Å²) in [6, 6.07) is 8.45. The summed E-state index contributed by atoms with van der Waals surface area (Å²) in [6.45, 7) is 10.9. The van der Waals surface area contributed by atoms with Crippen LogP contribution < -0.4 is 0 Å². The highest BCUT2D eigenvalue weighted by atomic mass is 16.3. The van der Waals surface area contributed by atoms with Crippen LogP contribution in [-0.2, 0) is 13.1 Å². The third-order valence-electron chi connectivity index (χ3n) is 8.57. The highest BCUT2D eigenvalue weighted by Crippen LogP contribution is 2.58. The van der Waals surface area contributed by atoms with E-state index in [0.29, 0.717) is 10.8 Å². The SMILES string of the molecule is c1cncc(CN2CCC[C@@]3(CC2)CN(Cc2ccco2)CC32CN(CC3CC3)C2)c1. The summed E-state index contributed by atoms with van der Waals surface area (Å²) in [5.41, 5.74) is 2.29. The van der Waals surface area contributed by atoms with Gasteiger partial charge in [-0.1, -0.05) is 6.07 Å². The molecule has 0 amide bonds. The fourth-order valence-electron chi connectivity index (χ4n) is 6.87. The zero-order valence-electron chi connectivity index (χ0n) is 18.7. The van der Waals surface area contributed by atoms with E-state index in [1.807, 2.05) is 24.7 Å². The monoisotopic (exact) mass is 420 g/mol. The van der Waals surface area contributed by atoms with E-state index in [1.54, 1.807) is 0 Å². The predicted molar refractivity (Wildman–Crippen MR) is 121 cm³/mol. The molecule has 0 bridgehead atoms. The van der Waals surface area contributed by atoms with Gasteiger partial charge in [-0.15, -0.1) is 0 Å². The maximum absolute atomic E-state index is 5.71. The first-order valence-corrected chi connectivity index (χ1v) is 12.3. The number of rotatable bonds is 6. The smallest absolute Gasteiger partial charge is 0.117 e. The van der Waals surface area contributed by atoms with Gasteiger partial charge in [-0.2, -0.15) is 0 Å². The average Bonchev–Trinajstić information content (AvgIpc) is 3.37. The third kappa shape index (κ3) is 3.96. The van der Waals surface area contributed by atoms with Crippen LogP contribution in [-0.4, -0.2) is 65.5 Å². The van der Waals surface area contributed by atoms with Crippen LogP contribution in [0.15, 0.2) is 47.3 Å². The van der Waals surface area contributed by atoms with Crippen LogP contribution in [0.2, 0.25) is 0 Å². The maximum atomic E-state index is 5.71. The second-order valence-corrected chi connectivity index (χ2v) is 10.9. The van der Waals surface area contributed by atoms with Crippen molar-refractivity contribution in [3.63, 3.8) is 0 Å². The number of pyridine rings is 1. The molecule has 4 aliphatic rings. The zero-order valence-corrected chi connectivity index (χ0v) is 18.7. The van der Waals surface area contributed by atoms with Gasteiger partial charge in [0, 0.05) is 57.1 Å². The van der Waals surface area contributed by atoms with Gasteiger partial charge in [0.15, 0.2) is 0 Å². The van der Waals surface area contributed by atoms with Crippen molar-refractivity contribution in [1.29, 1.82) is 0 Å². The second kappa shape index (κ2) is 8.02. The van der Waals surface area contributed by atoms with Gasteiger partial charge in [-0.3, -0.25) is 14.8 Å². The lowest BCUT2D eigenvalue weighted by Crippen LogP contribution is -2.64. The summed E-state index contributed by atoms with van der Waals surface area (Å²) in [5, 5.41) is 0. The van der Waals surface area contributed by atoms with Gasteiger partial charge < -0.3 is 9.32 Å². The largest absolute Gasteiger partial charge is 0.468 e. The fourth-order valence-corrected chi connectivity index (χ4v) is 6.87. The first-order valence-electron chi connectivity index (χ1n) is 12.3. The van der Waals surface area contributed by atoms with Gasteiger partial charge >= 0.3 is 0 Å². The predicted octanol–water partition coefficient (Wildman–Crippen LogP) is 3.87. The van der Waals surface area contributed by atoms with Crippen LogP contribution in [0.25, 0.3) is 0 Å². The molecule has 1 saturated carbocycles. The number of furan rings is 1. The first kappa shape index (κ1) is 20.0. The molecular weight excluding hydrogens is 384 g/mol. The summed E-state index contributed by atoms with van der Waals surface area (Å²) in [4.78, 5) is 12.5. The Morgan fingerprint density at radius 2 is 1.77 bits per heavy atom. The lowest BCUT2D eigenvalue weighted by molar-refractivity contribution is -0.0788. The van der Waals surface area contributed by atoms with Crippen LogP contribution in [0.4, 0.5) is 0 Å². The normalized spacial score (nSPS) is 29.4. The molecule has 2 aromatic heterocycles. The molecule has 1 atom stereocenters. The van der Waals surface area contributed by atoms with E-state index < -0.39 is 0 Å². The number of fused-ring (bicyclic) bond motifs is 1. The topological polar surface area (TPSA) is 35.8 Å². The Morgan fingerprint density at radius 3 is 2.55 bits per heavy atom. The van der Waals surface area contributed by atoms with E-state index in [9.17, 15) is 0 Å². The maximum Gasteiger partial charge on any atom is 0.117 e. The van der Waals surface area contributed by atoms with Crippen molar-refractivity contribution in [1.82, 2.24) is 19.7 Å². The molecule has 6 rings (SSSR count). The Hall–Kier alpha value is -1.69. The average molecular weight is 421 g/mol. The third-order valence-corrected chi connectivity index (χ3v) is 8.57. The van der Waals surface area contributed by atoms with E-state index in [1.165, 1.54) is 83.5 Å². The summed E-state index contributed by atoms with van der Waals surface area (Å²) < 4.78 is 5.71. The van der Waals surface area contributed by atoms with Crippen molar-refractivity contribution in [3.05, 3.63) is 54.2 Å². The molecule has 166 valence electrons. The number of nitrogens with zero attached hydrogens (tertiary/aromatic N) is 4. The van der Waals surface area contributed by atoms with E-state index in [-0.39, 0.29) is 0 Å². The highest BCUT2D eigenvalue weighted by molar-refractivity contribution is 5.16. The van der Waals surface area contributed by atoms with Crippen LogP contribution in [0, 0.1) is 16.7 Å². The van der Waals surface area contributed by atoms with Crippen molar-refractivity contribution in [2.24, 2.45) is 16.7 Å². The Kier molecular flexibility index (Phi) is 5.16. The van der Waals surface area contributed by atoms with Gasteiger partial charge in [0.05, 0.1) is 12.8 Å². The van der Waals surface area contributed by atoms with Crippen molar-refractivity contribution in [3.8, 4) is 0 Å². The number of hydrogen-bond acceptors (Lipinski definition) is 5. The van der Waals surface area contributed by atoms with Crippen LogP contribution in [0.3, 0.4) is 0 Å². The van der Waals surface area contributed by atoms with Crippen LogP contribution in [0.5, 0.6) is 0 Å². The summed E-state index contributed by atoms with van der Waals surface area (Å²) in [6.07, 6.45) is 12.7. The van der Waals surface area contributed by atoms with Crippen molar-refractivity contribution in [2.45, 2.75) is 45.2 Å². The Morgan fingerprint density at radius 1 is 0.903 bits per heavy atom. The van der Waals surface area contributed by atoms with Gasteiger partial charge in [0.25, 0.3) is 0 Å². The Balaban J connectivity index is 1.17. The molecule has 1 aliphatic carbocycles. The molecule has 0 aromatic carbocycles. The van der Waals surface area contributed by atoms with Crippen molar-refractivity contribution < 1.29 is 4.42 Å². The molecule has 31 heavy (non-hydrogen) atoms.